The second-order valence-electron chi connectivity index (χ2n) is 7.40. The first-order chi connectivity index (χ1) is 13.6. The number of aromatic amines is 1. The van der Waals surface area contributed by atoms with Gasteiger partial charge in [-0.05, 0) is 85.9 Å². The summed E-state index contributed by atoms with van der Waals surface area (Å²) in [5.74, 6) is 1.47. The maximum Gasteiger partial charge on any atom is 0.128 e. The molecule has 0 spiro atoms. The minimum atomic E-state index is 0.564. The quantitative estimate of drug-likeness (QED) is 0.327. The van der Waals surface area contributed by atoms with Crippen LogP contribution in [0.25, 0.3) is 22.2 Å². The Morgan fingerprint density at radius 2 is 1.96 bits per heavy atom. The fourth-order valence-electron chi connectivity index (χ4n) is 3.75. The molecule has 0 aliphatic carbocycles. The zero-order valence-corrected chi connectivity index (χ0v) is 18.3. The van der Waals surface area contributed by atoms with E-state index >= 15 is 0 Å². The Balaban J connectivity index is 2.19. The van der Waals surface area contributed by atoms with Gasteiger partial charge >= 0.3 is 0 Å². The first-order valence-corrected chi connectivity index (χ1v) is 11.4. The lowest BCUT2D eigenvalue weighted by Crippen LogP contribution is -2.00. The molecule has 0 amide bonds. The van der Waals surface area contributed by atoms with E-state index in [0.29, 0.717) is 5.92 Å². The number of unbranched alkanes of at least 4 members (excludes halogenated alkanes) is 1. The summed E-state index contributed by atoms with van der Waals surface area (Å²) in [6.45, 7) is 5.28. The van der Waals surface area contributed by atoms with Crippen LogP contribution in [0, 0.1) is 0 Å². The minimum Gasteiger partial charge on any atom is -0.496 e. The largest absolute Gasteiger partial charge is 0.496 e. The Hall–Kier alpha value is -1.91. The van der Waals surface area contributed by atoms with Crippen LogP contribution >= 0.6 is 11.8 Å². The van der Waals surface area contributed by atoms with E-state index in [-0.39, 0.29) is 0 Å². The smallest absolute Gasteiger partial charge is 0.128 e. The lowest BCUT2D eigenvalue weighted by Gasteiger charge is -2.12. The molecular formula is C24H32N2OS. The number of benzene rings is 2. The number of H-pyrrole nitrogens is 1. The van der Waals surface area contributed by atoms with Crippen LogP contribution in [0.3, 0.4) is 0 Å². The third kappa shape index (κ3) is 4.23. The monoisotopic (exact) mass is 396 g/mol. The maximum atomic E-state index is 5.76. The Kier molecular flexibility index (Phi) is 7.08. The van der Waals surface area contributed by atoms with E-state index in [0.717, 1.165) is 43.5 Å². The molecule has 1 aromatic heterocycles. The molecule has 28 heavy (non-hydrogen) atoms. The molecule has 3 rings (SSSR count). The fraction of sp³-hybridized carbons (Fsp3) is 0.417. The highest BCUT2D eigenvalue weighted by Crippen LogP contribution is 2.39. The molecule has 1 heterocycles. The van der Waals surface area contributed by atoms with Crippen LogP contribution in [0.15, 0.2) is 41.3 Å². The normalized spacial score (nSPS) is 12.5. The molecule has 0 aliphatic rings. The Morgan fingerprint density at radius 3 is 2.64 bits per heavy atom. The van der Waals surface area contributed by atoms with Crippen LogP contribution in [0.1, 0.15) is 50.2 Å². The number of ether oxygens (including phenoxy) is 1. The number of rotatable bonds is 9. The SMILES string of the molecule is CCC(C)c1ccc2[nH]c(-c3cc(SC)ccc3OC)c(CCCCN)c2c1. The van der Waals surface area contributed by atoms with Crippen molar-refractivity contribution in [3.63, 3.8) is 0 Å². The van der Waals surface area contributed by atoms with Gasteiger partial charge in [0.25, 0.3) is 0 Å². The summed E-state index contributed by atoms with van der Waals surface area (Å²) in [6.07, 6.45) is 6.41. The van der Waals surface area contributed by atoms with Crippen molar-refractivity contribution in [3.05, 3.63) is 47.5 Å². The van der Waals surface area contributed by atoms with E-state index in [1.165, 1.54) is 32.6 Å². The van der Waals surface area contributed by atoms with Crippen molar-refractivity contribution in [2.24, 2.45) is 5.73 Å². The molecule has 2 aromatic carbocycles. The van der Waals surface area contributed by atoms with Crippen molar-refractivity contribution in [1.29, 1.82) is 0 Å². The van der Waals surface area contributed by atoms with E-state index in [2.05, 4.69) is 61.5 Å². The number of aryl methyl sites for hydroxylation is 1. The van der Waals surface area contributed by atoms with Gasteiger partial charge < -0.3 is 15.5 Å². The second-order valence-corrected chi connectivity index (χ2v) is 8.28. The van der Waals surface area contributed by atoms with Crippen molar-refractivity contribution in [2.75, 3.05) is 19.9 Å². The third-order valence-corrected chi connectivity index (χ3v) is 6.39. The standard InChI is InChI=1S/C24H32N2OS/c1-5-16(2)17-9-11-22-20(14-17)19(8-6-7-13-25)24(26-22)21-15-18(28-4)10-12-23(21)27-3/h9-12,14-16,26H,5-8,13,25H2,1-4H3. The van der Waals surface area contributed by atoms with Crippen LogP contribution in [-0.2, 0) is 6.42 Å². The first-order valence-electron chi connectivity index (χ1n) is 10.2. The van der Waals surface area contributed by atoms with Crippen LogP contribution in [0.5, 0.6) is 5.75 Å². The number of aromatic nitrogens is 1. The molecule has 4 heteroatoms. The van der Waals surface area contributed by atoms with Crippen LogP contribution in [-0.4, -0.2) is 24.9 Å². The molecule has 0 saturated carbocycles. The summed E-state index contributed by atoms with van der Waals surface area (Å²) in [6, 6.07) is 13.3. The van der Waals surface area contributed by atoms with Gasteiger partial charge in [-0.25, -0.2) is 0 Å². The van der Waals surface area contributed by atoms with Gasteiger partial charge in [0.15, 0.2) is 0 Å². The summed E-state index contributed by atoms with van der Waals surface area (Å²) in [5, 5.41) is 1.33. The average molecular weight is 397 g/mol. The van der Waals surface area contributed by atoms with Gasteiger partial charge in [0.2, 0.25) is 0 Å². The second kappa shape index (κ2) is 9.53. The lowest BCUT2D eigenvalue weighted by molar-refractivity contribution is 0.416. The Bertz CT molecular complexity index is 932. The van der Waals surface area contributed by atoms with Gasteiger partial charge in [-0.3, -0.25) is 0 Å². The van der Waals surface area contributed by atoms with Gasteiger partial charge in [0.05, 0.1) is 12.8 Å². The summed E-state index contributed by atoms with van der Waals surface area (Å²) < 4.78 is 5.71. The zero-order valence-electron chi connectivity index (χ0n) is 17.5. The van der Waals surface area contributed by atoms with Gasteiger partial charge in [0.1, 0.15) is 5.75 Å². The molecule has 3 aromatic rings. The van der Waals surface area contributed by atoms with Crippen molar-refractivity contribution in [2.45, 2.75) is 50.3 Å². The molecule has 0 fully saturated rings. The van der Waals surface area contributed by atoms with E-state index in [9.17, 15) is 0 Å². The highest BCUT2D eigenvalue weighted by Gasteiger charge is 2.18. The predicted octanol–water partition coefficient (Wildman–Crippen LogP) is 6.36. The predicted molar refractivity (Wildman–Crippen MR) is 123 cm³/mol. The van der Waals surface area contributed by atoms with Crippen molar-refractivity contribution in [3.8, 4) is 17.0 Å². The van der Waals surface area contributed by atoms with E-state index in [1.54, 1.807) is 18.9 Å². The lowest BCUT2D eigenvalue weighted by atomic mass is 9.94. The molecule has 0 aliphatic heterocycles. The summed E-state index contributed by atoms with van der Waals surface area (Å²) in [4.78, 5) is 4.94. The van der Waals surface area contributed by atoms with Crippen LogP contribution < -0.4 is 10.5 Å². The zero-order chi connectivity index (χ0) is 20.1. The molecule has 1 unspecified atom stereocenters. The van der Waals surface area contributed by atoms with Crippen LogP contribution in [0.4, 0.5) is 0 Å². The average Bonchev–Trinajstić information content (AvgIpc) is 3.10. The van der Waals surface area contributed by atoms with Gasteiger partial charge in [-0.2, -0.15) is 0 Å². The molecular weight excluding hydrogens is 364 g/mol. The van der Waals surface area contributed by atoms with Gasteiger partial charge in [-0.15, -0.1) is 11.8 Å². The van der Waals surface area contributed by atoms with Crippen molar-refractivity contribution >= 4 is 22.7 Å². The third-order valence-electron chi connectivity index (χ3n) is 5.67. The molecule has 3 nitrogen and oxygen atoms in total. The summed E-state index contributed by atoms with van der Waals surface area (Å²) in [5.41, 5.74) is 12.1. The number of hydrogen-bond donors (Lipinski definition) is 2. The number of fused-ring (bicyclic) bond motifs is 1. The number of thioether (sulfide) groups is 1. The van der Waals surface area contributed by atoms with Gasteiger partial charge in [-0.1, -0.05) is 19.9 Å². The number of methoxy groups -OCH3 is 1. The topological polar surface area (TPSA) is 51.0 Å². The van der Waals surface area contributed by atoms with Crippen molar-refractivity contribution < 1.29 is 4.74 Å². The van der Waals surface area contributed by atoms with E-state index in [1.807, 2.05) is 0 Å². The molecule has 1 atom stereocenters. The van der Waals surface area contributed by atoms with Crippen molar-refractivity contribution in [1.82, 2.24) is 4.98 Å². The number of hydrogen-bond acceptors (Lipinski definition) is 3. The van der Waals surface area contributed by atoms with E-state index < -0.39 is 0 Å². The Labute approximate surface area is 173 Å². The van der Waals surface area contributed by atoms with Gasteiger partial charge in [0, 0.05) is 21.4 Å². The summed E-state index contributed by atoms with van der Waals surface area (Å²) >= 11 is 1.75. The number of nitrogens with one attached hydrogen (secondary N) is 1. The minimum absolute atomic E-state index is 0.564. The molecule has 150 valence electrons. The van der Waals surface area contributed by atoms with Crippen LogP contribution in [0.2, 0.25) is 0 Å². The highest BCUT2D eigenvalue weighted by atomic mass is 32.2. The number of nitrogens with two attached hydrogens (primary N) is 1. The Morgan fingerprint density at radius 1 is 1.14 bits per heavy atom. The summed E-state index contributed by atoms with van der Waals surface area (Å²) in [7, 11) is 1.75. The molecule has 0 saturated heterocycles. The fourth-order valence-corrected chi connectivity index (χ4v) is 4.19. The van der Waals surface area contributed by atoms with E-state index in [4.69, 9.17) is 10.5 Å². The first kappa shape index (κ1) is 20.8. The highest BCUT2D eigenvalue weighted by molar-refractivity contribution is 7.98. The molecule has 3 N–H and O–H groups in total. The molecule has 0 radical (unpaired) electrons. The maximum absolute atomic E-state index is 5.76. The molecule has 0 bridgehead atoms.